The molecule has 2 amide bonds. The summed E-state index contributed by atoms with van der Waals surface area (Å²) in [5.41, 5.74) is 0.942. The molecule has 2 aromatic rings. The van der Waals surface area contributed by atoms with E-state index in [9.17, 15) is 4.79 Å². The lowest BCUT2D eigenvalue weighted by Crippen LogP contribution is -2.47. The number of thioether (sulfide) groups is 1. The van der Waals surface area contributed by atoms with E-state index in [-0.39, 0.29) is 10.8 Å². The van der Waals surface area contributed by atoms with Crippen LogP contribution in [0.25, 0.3) is 0 Å². The number of hydrogen-bond donors (Lipinski definition) is 2. The van der Waals surface area contributed by atoms with Gasteiger partial charge in [-0.15, -0.1) is 11.8 Å². The van der Waals surface area contributed by atoms with Crippen LogP contribution in [0.1, 0.15) is 18.4 Å². The summed E-state index contributed by atoms with van der Waals surface area (Å²) in [6.45, 7) is 2.44. The summed E-state index contributed by atoms with van der Waals surface area (Å²) in [5.74, 6) is 1.31. The highest BCUT2D eigenvalue weighted by molar-refractivity contribution is 8.00. The van der Waals surface area contributed by atoms with Gasteiger partial charge in [0, 0.05) is 35.9 Å². The molecule has 1 saturated heterocycles. The minimum absolute atomic E-state index is 0.0553. The van der Waals surface area contributed by atoms with E-state index < -0.39 is 0 Å². The van der Waals surface area contributed by atoms with Gasteiger partial charge in [-0.1, -0.05) is 24.3 Å². The van der Waals surface area contributed by atoms with E-state index in [1.807, 2.05) is 48.2 Å². The lowest BCUT2D eigenvalue weighted by Gasteiger charge is -2.36. The number of carbonyl (C=O) groups excluding carboxylic acids is 1. The van der Waals surface area contributed by atoms with Crippen LogP contribution >= 0.6 is 11.8 Å². The van der Waals surface area contributed by atoms with Gasteiger partial charge in [0.25, 0.3) is 0 Å². The SMILES string of the molecule is COc1ccc(CNC(=O)NCC2(Sc3ccccc3)CCOCC2)cc1OC. The fourth-order valence-corrected chi connectivity index (χ4v) is 4.58. The van der Waals surface area contributed by atoms with Crippen molar-refractivity contribution in [3.05, 3.63) is 54.1 Å². The van der Waals surface area contributed by atoms with Crippen molar-refractivity contribution in [2.24, 2.45) is 0 Å². The van der Waals surface area contributed by atoms with Crippen LogP contribution in [-0.2, 0) is 11.3 Å². The number of urea groups is 1. The Hall–Kier alpha value is -2.38. The number of hydrogen-bond acceptors (Lipinski definition) is 5. The van der Waals surface area contributed by atoms with Gasteiger partial charge >= 0.3 is 6.03 Å². The van der Waals surface area contributed by atoms with Crippen molar-refractivity contribution < 1.29 is 19.0 Å². The average Bonchev–Trinajstić information content (AvgIpc) is 2.77. The molecule has 2 aromatic carbocycles. The van der Waals surface area contributed by atoms with Gasteiger partial charge in [-0.2, -0.15) is 0 Å². The molecule has 156 valence electrons. The Morgan fingerprint density at radius 1 is 1.03 bits per heavy atom. The van der Waals surface area contributed by atoms with Gasteiger partial charge < -0.3 is 24.8 Å². The second-order valence-electron chi connectivity index (χ2n) is 6.94. The standard InChI is InChI=1S/C22H28N2O4S/c1-26-19-9-8-17(14-20(19)27-2)15-23-21(25)24-16-22(10-12-28-13-11-22)29-18-6-4-3-5-7-18/h3-9,14H,10-13,15-16H2,1-2H3,(H2,23,24,25). The molecule has 1 aliphatic rings. The summed E-state index contributed by atoms with van der Waals surface area (Å²) >= 11 is 1.82. The largest absolute Gasteiger partial charge is 0.493 e. The second kappa shape index (κ2) is 10.4. The Labute approximate surface area is 176 Å². The van der Waals surface area contributed by atoms with Crippen molar-refractivity contribution in [1.82, 2.24) is 10.6 Å². The molecule has 0 spiro atoms. The van der Waals surface area contributed by atoms with Gasteiger partial charge in [-0.3, -0.25) is 0 Å². The van der Waals surface area contributed by atoms with Crippen molar-refractivity contribution in [3.8, 4) is 11.5 Å². The van der Waals surface area contributed by atoms with Crippen LogP contribution in [0.4, 0.5) is 4.79 Å². The number of amides is 2. The van der Waals surface area contributed by atoms with Gasteiger partial charge in [-0.05, 0) is 42.7 Å². The summed E-state index contributed by atoms with van der Waals surface area (Å²) in [6, 6.07) is 15.7. The average molecular weight is 417 g/mol. The van der Waals surface area contributed by atoms with Gasteiger partial charge in [0.1, 0.15) is 0 Å². The third kappa shape index (κ3) is 6.05. The van der Waals surface area contributed by atoms with Gasteiger partial charge in [0.15, 0.2) is 11.5 Å². The molecule has 1 fully saturated rings. The molecule has 0 saturated carbocycles. The van der Waals surface area contributed by atoms with Crippen LogP contribution in [-0.4, -0.2) is 44.8 Å². The normalized spacial score (nSPS) is 15.4. The van der Waals surface area contributed by atoms with E-state index >= 15 is 0 Å². The zero-order valence-corrected chi connectivity index (χ0v) is 17.7. The van der Waals surface area contributed by atoms with E-state index in [1.165, 1.54) is 4.90 Å². The Balaban J connectivity index is 1.55. The van der Waals surface area contributed by atoms with Crippen LogP contribution < -0.4 is 20.1 Å². The first-order valence-corrected chi connectivity index (χ1v) is 10.5. The molecule has 1 aliphatic heterocycles. The molecule has 6 nitrogen and oxygen atoms in total. The first-order valence-electron chi connectivity index (χ1n) is 9.68. The maximum absolute atomic E-state index is 12.4. The van der Waals surface area contributed by atoms with Crippen molar-refractivity contribution in [1.29, 1.82) is 0 Å². The number of methoxy groups -OCH3 is 2. The summed E-state index contributed by atoms with van der Waals surface area (Å²) in [6.07, 6.45) is 1.81. The van der Waals surface area contributed by atoms with Crippen molar-refractivity contribution in [2.45, 2.75) is 29.0 Å². The van der Waals surface area contributed by atoms with Crippen LogP contribution in [0.3, 0.4) is 0 Å². The van der Waals surface area contributed by atoms with E-state index in [0.717, 1.165) is 31.6 Å². The quantitative estimate of drug-likeness (QED) is 0.684. The van der Waals surface area contributed by atoms with Crippen LogP contribution in [0.5, 0.6) is 11.5 Å². The molecule has 2 N–H and O–H groups in total. The molecule has 0 bridgehead atoms. The third-order valence-electron chi connectivity index (χ3n) is 4.95. The maximum Gasteiger partial charge on any atom is 0.315 e. The minimum atomic E-state index is -0.181. The molecular formula is C22H28N2O4S. The molecule has 0 unspecified atom stereocenters. The van der Waals surface area contributed by atoms with Crippen LogP contribution in [0.15, 0.2) is 53.4 Å². The molecule has 1 heterocycles. The molecule has 0 aliphatic carbocycles. The predicted octanol–water partition coefficient (Wildman–Crippen LogP) is 3.84. The number of ether oxygens (including phenoxy) is 3. The van der Waals surface area contributed by atoms with Gasteiger partial charge in [0.05, 0.1) is 14.2 Å². The van der Waals surface area contributed by atoms with E-state index in [0.29, 0.717) is 24.6 Å². The lowest BCUT2D eigenvalue weighted by atomic mass is 9.99. The molecule has 3 rings (SSSR count). The Bertz CT molecular complexity index is 795. The fourth-order valence-electron chi connectivity index (χ4n) is 3.27. The summed E-state index contributed by atoms with van der Waals surface area (Å²) in [4.78, 5) is 13.6. The van der Waals surface area contributed by atoms with Gasteiger partial charge in [0.2, 0.25) is 0 Å². The Morgan fingerprint density at radius 2 is 1.76 bits per heavy atom. The zero-order valence-electron chi connectivity index (χ0n) is 16.9. The van der Waals surface area contributed by atoms with E-state index in [2.05, 4.69) is 22.8 Å². The fraction of sp³-hybridized carbons (Fsp3) is 0.409. The highest BCUT2D eigenvalue weighted by Gasteiger charge is 2.34. The van der Waals surface area contributed by atoms with E-state index in [1.54, 1.807) is 14.2 Å². The lowest BCUT2D eigenvalue weighted by molar-refractivity contribution is 0.0776. The highest BCUT2D eigenvalue weighted by atomic mass is 32.2. The summed E-state index contributed by atoms with van der Waals surface area (Å²) in [5, 5.41) is 5.97. The van der Waals surface area contributed by atoms with Crippen LogP contribution in [0, 0.1) is 0 Å². The minimum Gasteiger partial charge on any atom is -0.493 e. The van der Waals surface area contributed by atoms with Crippen LogP contribution in [0.2, 0.25) is 0 Å². The Kier molecular flexibility index (Phi) is 7.66. The summed E-state index contributed by atoms with van der Waals surface area (Å²) < 4.78 is 16.1. The molecule has 0 atom stereocenters. The predicted molar refractivity (Wildman–Crippen MR) is 115 cm³/mol. The maximum atomic E-state index is 12.4. The molecule has 0 radical (unpaired) electrons. The smallest absolute Gasteiger partial charge is 0.315 e. The second-order valence-corrected chi connectivity index (χ2v) is 8.48. The topological polar surface area (TPSA) is 68.8 Å². The van der Waals surface area contributed by atoms with Gasteiger partial charge in [-0.25, -0.2) is 4.79 Å². The first kappa shape index (κ1) is 21.3. The third-order valence-corrected chi connectivity index (χ3v) is 6.45. The molecule has 0 aromatic heterocycles. The van der Waals surface area contributed by atoms with Crippen molar-refractivity contribution in [3.63, 3.8) is 0 Å². The molecule has 29 heavy (non-hydrogen) atoms. The van der Waals surface area contributed by atoms with E-state index in [4.69, 9.17) is 14.2 Å². The number of benzene rings is 2. The number of nitrogens with one attached hydrogen (secondary N) is 2. The summed E-state index contributed by atoms with van der Waals surface area (Å²) in [7, 11) is 3.20. The van der Waals surface area contributed by atoms with Crippen molar-refractivity contribution in [2.75, 3.05) is 34.0 Å². The van der Waals surface area contributed by atoms with Crippen molar-refractivity contribution >= 4 is 17.8 Å². The Morgan fingerprint density at radius 3 is 2.45 bits per heavy atom. The number of carbonyl (C=O) groups is 1. The first-order chi connectivity index (χ1) is 14.1. The number of rotatable bonds is 8. The highest BCUT2D eigenvalue weighted by Crippen LogP contribution is 2.40. The zero-order chi connectivity index (χ0) is 20.5. The molecular weight excluding hydrogens is 388 g/mol. The molecule has 7 heteroatoms. The monoisotopic (exact) mass is 416 g/mol.